The van der Waals surface area contributed by atoms with Crippen LogP contribution in [-0.2, 0) is 11.0 Å². The van der Waals surface area contributed by atoms with Crippen molar-refractivity contribution in [2.75, 3.05) is 16.8 Å². The first kappa shape index (κ1) is 17.3. The molecule has 140 valence electrons. The Morgan fingerprint density at radius 3 is 2.56 bits per heavy atom. The maximum absolute atomic E-state index is 13.0. The van der Waals surface area contributed by atoms with Crippen molar-refractivity contribution in [2.45, 2.75) is 25.6 Å². The summed E-state index contributed by atoms with van der Waals surface area (Å²) < 4.78 is 39.5. The number of rotatable bonds is 3. The summed E-state index contributed by atoms with van der Waals surface area (Å²) in [6.07, 6.45) is -4.16. The minimum atomic E-state index is -4.67. The molecule has 1 amide bonds. The molecule has 27 heavy (non-hydrogen) atoms. The highest BCUT2D eigenvalue weighted by Gasteiger charge is 2.38. The second-order valence-electron chi connectivity index (χ2n) is 6.32. The summed E-state index contributed by atoms with van der Waals surface area (Å²) in [6, 6.07) is 9.86. The van der Waals surface area contributed by atoms with E-state index < -0.39 is 18.0 Å². The molecule has 0 aliphatic carbocycles. The molecule has 0 bridgehead atoms. The predicted octanol–water partition coefficient (Wildman–Crippen LogP) is 2.67. The van der Waals surface area contributed by atoms with Gasteiger partial charge in [-0.25, -0.2) is 0 Å². The van der Waals surface area contributed by atoms with Gasteiger partial charge in [-0.3, -0.25) is 4.79 Å². The summed E-state index contributed by atoms with van der Waals surface area (Å²) in [5.74, 6) is -1.21. The van der Waals surface area contributed by atoms with Gasteiger partial charge in [0, 0.05) is 12.2 Å². The Bertz CT molecular complexity index is 998. The molecule has 1 aromatic carbocycles. The number of nitrogens with one attached hydrogen (secondary N) is 1. The van der Waals surface area contributed by atoms with Gasteiger partial charge < -0.3 is 10.2 Å². The number of carbonyl (C=O) groups excluding carboxylic acids is 1. The fraction of sp³-hybridized carbons (Fsp3) is 0.294. The largest absolute Gasteiger partial charge is 0.453 e. The number of benzene rings is 1. The number of anilines is 2. The minimum absolute atomic E-state index is 0.0214. The van der Waals surface area contributed by atoms with E-state index in [0.29, 0.717) is 17.5 Å². The van der Waals surface area contributed by atoms with Gasteiger partial charge in [-0.15, -0.1) is 15.3 Å². The van der Waals surface area contributed by atoms with Gasteiger partial charge in [0.1, 0.15) is 11.9 Å². The third kappa shape index (κ3) is 3.18. The van der Waals surface area contributed by atoms with Crippen LogP contribution in [0, 0.1) is 6.92 Å². The first-order valence-electron chi connectivity index (χ1n) is 8.27. The van der Waals surface area contributed by atoms with Gasteiger partial charge in [-0.1, -0.05) is 17.7 Å². The van der Waals surface area contributed by atoms with Crippen LogP contribution in [-0.4, -0.2) is 38.3 Å². The van der Waals surface area contributed by atoms with Crippen molar-refractivity contribution in [3.63, 3.8) is 0 Å². The number of hydrogen-bond donors (Lipinski definition) is 1. The summed E-state index contributed by atoms with van der Waals surface area (Å²) in [5, 5.41) is 13.4. The first-order valence-corrected chi connectivity index (χ1v) is 8.27. The lowest BCUT2D eigenvalue weighted by Crippen LogP contribution is -2.33. The van der Waals surface area contributed by atoms with Gasteiger partial charge in [0.05, 0.1) is 0 Å². The van der Waals surface area contributed by atoms with E-state index in [2.05, 4.69) is 20.6 Å². The molecule has 1 aliphatic heterocycles. The monoisotopic (exact) mass is 376 g/mol. The van der Waals surface area contributed by atoms with Crippen LogP contribution in [0.2, 0.25) is 0 Å². The quantitative estimate of drug-likeness (QED) is 0.761. The van der Waals surface area contributed by atoms with Gasteiger partial charge in [-0.2, -0.15) is 17.7 Å². The molecule has 1 atom stereocenters. The van der Waals surface area contributed by atoms with Gasteiger partial charge in [0.15, 0.2) is 5.65 Å². The van der Waals surface area contributed by atoms with Crippen LogP contribution >= 0.6 is 0 Å². The van der Waals surface area contributed by atoms with Crippen molar-refractivity contribution in [1.82, 2.24) is 19.8 Å². The molecule has 0 saturated carbocycles. The molecule has 7 nitrogen and oxygen atoms in total. The van der Waals surface area contributed by atoms with Crippen molar-refractivity contribution in [2.24, 2.45) is 0 Å². The lowest BCUT2D eigenvalue weighted by Gasteiger charge is -2.17. The normalized spacial score (nSPS) is 17.7. The van der Waals surface area contributed by atoms with Crippen LogP contribution in [0.5, 0.6) is 0 Å². The molecule has 4 rings (SSSR count). The van der Waals surface area contributed by atoms with E-state index in [4.69, 9.17) is 0 Å². The van der Waals surface area contributed by atoms with E-state index in [1.165, 1.54) is 12.1 Å². The number of alkyl halides is 3. The second kappa shape index (κ2) is 6.22. The number of hydrogen-bond acceptors (Lipinski definition) is 5. The average Bonchev–Trinajstić information content (AvgIpc) is 3.20. The highest BCUT2D eigenvalue weighted by Crippen LogP contribution is 2.28. The summed E-state index contributed by atoms with van der Waals surface area (Å²) in [5.41, 5.74) is 1.86. The third-order valence-corrected chi connectivity index (χ3v) is 4.39. The molecule has 2 aromatic heterocycles. The molecule has 1 aliphatic rings. The first-order chi connectivity index (χ1) is 12.8. The van der Waals surface area contributed by atoms with Crippen molar-refractivity contribution in [1.29, 1.82) is 0 Å². The van der Waals surface area contributed by atoms with Crippen LogP contribution in [0.3, 0.4) is 0 Å². The van der Waals surface area contributed by atoms with Crippen molar-refractivity contribution < 1.29 is 18.0 Å². The maximum Gasteiger partial charge on any atom is 0.453 e. The maximum atomic E-state index is 13.0. The van der Waals surface area contributed by atoms with Gasteiger partial charge in [0.2, 0.25) is 5.91 Å². The molecular weight excluding hydrogens is 361 g/mol. The Kier molecular flexibility index (Phi) is 3.97. The molecule has 3 heterocycles. The lowest BCUT2D eigenvalue weighted by atomic mass is 10.2. The van der Waals surface area contributed by atoms with Crippen LogP contribution in [0.25, 0.3) is 5.65 Å². The van der Waals surface area contributed by atoms with Crippen LogP contribution in [0.4, 0.5) is 24.7 Å². The molecular formula is C17H15F3N6O. The highest BCUT2D eigenvalue weighted by molar-refractivity contribution is 6.00. The van der Waals surface area contributed by atoms with Crippen molar-refractivity contribution >= 4 is 23.1 Å². The van der Waals surface area contributed by atoms with E-state index in [1.807, 2.05) is 31.2 Å². The number of aryl methyl sites for hydroxylation is 1. The van der Waals surface area contributed by atoms with Gasteiger partial charge >= 0.3 is 6.18 Å². The molecule has 1 saturated heterocycles. The zero-order valence-corrected chi connectivity index (χ0v) is 14.2. The Balaban J connectivity index is 1.56. The number of carbonyl (C=O) groups is 1. The smallest absolute Gasteiger partial charge is 0.357 e. The molecule has 0 radical (unpaired) electrons. The molecule has 3 aromatic rings. The number of halogens is 3. The van der Waals surface area contributed by atoms with Gasteiger partial charge in [0.25, 0.3) is 5.82 Å². The Hall–Kier alpha value is -3.17. The van der Waals surface area contributed by atoms with E-state index in [1.54, 1.807) is 4.90 Å². The third-order valence-electron chi connectivity index (χ3n) is 4.39. The standard InChI is InChI=1S/C17H15F3N6O/c1-10-2-4-11(5-3-10)25-9-8-12(15(25)27)21-13-6-7-14-22-23-16(17(18,19)20)26(14)24-13/h2-7,12H,8-9H2,1H3,(H,21,24). The fourth-order valence-electron chi connectivity index (χ4n) is 3.02. The number of fused-ring (bicyclic) bond motifs is 1. The number of aromatic nitrogens is 4. The SMILES string of the molecule is Cc1ccc(N2CCC(Nc3ccc4nnc(C(F)(F)F)n4n3)C2=O)cc1. The predicted molar refractivity (Wildman–Crippen MR) is 91.3 cm³/mol. The summed E-state index contributed by atoms with van der Waals surface area (Å²) in [4.78, 5) is 14.3. The van der Waals surface area contributed by atoms with E-state index in [-0.39, 0.29) is 17.4 Å². The molecule has 10 heteroatoms. The molecule has 1 fully saturated rings. The van der Waals surface area contributed by atoms with Crippen LogP contribution < -0.4 is 10.2 Å². The summed E-state index contributed by atoms with van der Waals surface area (Å²) in [7, 11) is 0. The minimum Gasteiger partial charge on any atom is -0.357 e. The Morgan fingerprint density at radius 1 is 1.11 bits per heavy atom. The van der Waals surface area contributed by atoms with Crippen LogP contribution in [0.1, 0.15) is 17.8 Å². The number of amides is 1. The highest BCUT2D eigenvalue weighted by atomic mass is 19.4. The number of nitrogens with zero attached hydrogens (tertiary/aromatic N) is 5. The molecule has 1 unspecified atom stereocenters. The molecule has 0 spiro atoms. The second-order valence-corrected chi connectivity index (χ2v) is 6.32. The average molecular weight is 376 g/mol. The summed E-state index contributed by atoms with van der Waals surface area (Å²) in [6.45, 7) is 2.48. The summed E-state index contributed by atoms with van der Waals surface area (Å²) >= 11 is 0. The van der Waals surface area contributed by atoms with Crippen molar-refractivity contribution in [3.05, 3.63) is 47.8 Å². The van der Waals surface area contributed by atoms with E-state index in [0.717, 1.165) is 11.3 Å². The molecule has 1 N–H and O–H groups in total. The van der Waals surface area contributed by atoms with E-state index >= 15 is 0 Å². The van der Waals surface area contributed by atoms with Crippen molar-refractivity contribution in [3.8, 4) is 0 Å². The Labute approximate surface area is 151 Å². The zero-order valence-electron chi connectivity index (χ0n) is 14.2. The zero-order chi connectivity index (χ0) is 19.2. The van der Waals surface area contributed by atoms with Gasteiger partial charge in [-0.05, 0) is 37.6 Å². The topological polar surface area (TPSA) is 75.4 Å². The van der Waals surface area contributed by atoms with E-state index in [9.17, 15) is 18.0 Å². The fourth-order valence-corrected chi connectivity index (χ4v) is 3.02. The van der Waals surface area contributed by atoms with Crippen LogP contribution in [0.15, 0.2) is 36.4 Å². The Morgan fingerprint density at radius 2 is 1.85 bits per heavy atom. The lowest BCUT2D eigenvalue weighted by molar-refractivity contribution is -0.146.